The van der Waals surface area contributed by atoms with E-state index in [2.05, 4.69) is 0 Å². The highest BCUT2D eigenvalue weighted by Crippen LogP contribution is 2.19. The molecule has 6 heteroatoms. The number of nitrogens with two attached hydrogens (primary N) is 1. The average molecular weight is 282 g/mol. The summed E-state index contributed by atoms with van der Waals surface area (Å²) < 4.78 is 10.3. The third-order valence-electron chi connectivity index (χ3n) is 3.01. The fraction of sp³-hybridized carbons (Fsp3) is 0.500. The van der Waals surface area contributed by atoms with Crippen molar-refractivity contribution in [2.75, 3.05) is 33.9 Å². The zero-order valence-corrected chi connectivity index (χ0v) is 11.9. The number of benzene rings is 1. The number of methoxy groups -OCH3 is 2. The van der Waals surface area contributed by atoms with E-state index in [0.29, 0.717) is 12.3 Å². The molecule has 1 aromatic rings. The number of nitrogens with zero attached hydrogens (tertiary/aromatic N) is 1. The molecule has 1 rings (SSSR count). The van der Waals surface area contributed by atoms with Crippen LogP contribution in [0.3, 0.4) is 0 Å². The Hall–Kier alpha value is -1.63. The molecular formula is C14H22N2O4. The Labute approximate surface area is 119 Å². The van der Waals surface area contributed by atoms with Gasteiger partial charge in [-0.25, -0.2) is 0 Å². The van der Waals surface area contributed by atoms with E-state index >= 15 is 0 Å². The monoisotopic (exact) mass is 282 g/mol. The Balaban J connectivity index is 2.88. The van der Waals surface area contributed by atoms with Crippen molar-refractivity contribution in [3.05, 3.63) is 29.8 Å². The van der Waals surface area contributed by atoms with Crippen LogP contribution in [0.1, 0.15) is 5.56 Å². The highest BCUT2D eigenvalue weighted by atomic mass is 16.5. The van der Waals surface area contributed by atoms with Gasteiger partial charge in [0.25, 0.3) is 5.91 Å². The Bertz CT molecular complexity index is 421. The summed E-state index contributed by atoms with van der Waals surface area (Å²) in [5.74, 6) is 0.458. The van der Waals surface area contributed by atoms with E-state index in [4.69, 9.17) is 20.3 Å². The number of ether oxygens (including phenoxy) is 2. The minimum atomic E-state index is -0.698. The third kappa shape index (κ3) is 4.19. The number of para-hydroxylation sites is 1. The summed E-state index contributed by atoms with van der Waals surface area (Å²) >= 11 is 0. The Kier molecular flexibility index (Phi) is 7.00. The average Bonchev–Trinajstić information content (AvgIpc) is 2.48. The first-order chi connectivity index (χ1) is 9.67. The number of amides is 1. The Morgan fingerprint density at radius 2 is 2.10 bits per heavy atom. The molecule has 6 nitrogen and oxygen atoms in total. The van der Waals surface area contributed by atoms with Gasteiger partial charge in [-0.2, -0.15) is 0 Å². The van der Waals surface area contributed by atoms with Crippen LogP contribution >= 0.6 is 0 Å². The summed E-state index contributed by atoms with van der Waals surface area (Å²) in [6.45, 7) is 0.533. The fourth-order valence-corrected chi connectivity index (χ4v) is 1.93. The third-order valence-corrected chi connectivity index (χ3v) is 3.01. The summed E-state index contributed by atoms with van der Waals surface area (Å²) in [7, 11) is 3.02. The standard InChI is InChI=1S/C14H22N2O4/c1-19-12-6-4-3-5-11(12)10-16(7-8-17)14(18)13(9-15)20-2/h3-6,13,17H,7-10,15H2,1-2H3. The fourth-order valence-electron chi connectivity index (χ4n) is 1.93. The van der Waals surface area contributed by atoms with Crippen LogP contribution in [-0.4, -0.2) is 55.9 Å². The van der Waals surface area contributed by atoms with Crippen molar-refractivity contribution >= 4 is 5.91 Å². The van der Waals surface area contributed by atoms with E-state index in [0.717, 1.165) is 5.56 Å². The molecule has 0 aliphatic heterocycles. The van der Waals surface area contributed by atoms with Crippen LogP contribution in [0.25, 0.3) is 0 Å². The van der Waals surface area contributed by atoms with Gasteiger partial charge in [0.2, 0.25) is 0 Å². The summed E-state index contributed by atoms with van der Waals surface area (Å²) in [5.41, 5.74) is 6.37. The molecule has 0 saturated carbocycles. The molecule has 0 aliphatic carbocycles. The smallest absolute Gasteiger partial charge is 0.253 e. The van der Waals surface area contributed by atoms with Gasteiger partial charge in [0.15, 0.2) is 0 Å². The van der Waals surface area contributed by atoms with Crippen LogP contribution in [0.2, 0.25) is 0 Å². The van der Waals surface area contributed by atoms with E-state index < -0.39 is 6.10 Å². The molecule has 3 N–H and O–H groups in total. The Morgan fingerprint density at radius 3 is 2.65 bits per heavy atom. The van der Waals surface area contributed by atoms with Crippen molar-refractivity contribution in [3.8, 4) is 5.75 Å². The van der Waals surface area contributed by atoms with Crippen molar-refractivity contribution in [1.82, 2.24) is 4.90 Å². The molecule has 0 saturated heterocycles. The van der Waals surface area contributed by atoms with Crippen molar-refractivity contribution < 1.29 is 19.4 Å². The number of aliphatic hydroxyl groups excluding tert-OH is 1. The molecule has 112 valence electrons. The number of hydrogen-bond donors (Lipinski definition) is 2. The van der Waals surface area contributed by atoms with Gasteiger partial charge < -0.3 is 25.2 Å². The molecule has 0 aromatic heterocycles. The van der Waals surface area contributed by atoms with Crippen molar-refractivity contribution in [2.45, 2.75) is 12.6 Å². The molecule has 0 bridgehead atoms. The van der Waals surface area contributed by atoms with Gasteiger partial charge in [-0.3, -0.25) is 4.79 Å². The van der Waals surface area contributed by atoms with Crippen molar-refractivity contribution in [2.24, 2.45) is 5.73 Å². The van der Waals surface area contributed by atoms with Gasteiger partial charge in [-0.1, -0.05) is 18.2 Å². The van der Waals surface area contributed by atoms with E-state index in [1.54, 1.807) is 7.11 Å². The lowest BCUT2D eigenvalue weighted by atomic mass is 10.1. The van der Waals surface area contributed by atoms with Crippen LogP contribution in [0.5, 0.6) is 5.75 Å². The van der Waals surface area contributed by atoms with Crippen LogP contribution in [0.4, 0.5) is 0 Å². The predicted octanol–water partition coefficient (Wildman–Crippen LogP) is -0.0102. The molecular weight excluding hydrogens is 260 g/mol. The lowest BCUT2D eigenvalue weighted by Gasteiger charge is -2.26. The lowest BCUT2D eigenvalue weighted by Crippen LogP contribution is -2.44. The summed E-state index contributed by atoms with van der Waals surface area (Å²) in [6.07, 6.45) is -0.698. The zero-order chi connectivity index (χ0) is 15.0. The molecule has 1 aromatic carbocycles. The number of aliphatic hydroxyl groups is 1. The van der Waals surface area contributed by atoms with Gasteiger partial charge >= 0.3 is 0 Å². The topological polar surface area (TPSA) is 85.0 Å². The van der Waals surface area contributed by atoms with Gasteiger partial charge in [0.1, 0.15) is 11.9 Å². The summed E-state index contributed by atoms with van der Waals surface area (Å²) in [6, 6.07) is 7.43. The normalized spacial score (nSPS) is 12.0. The first-order valence-electron chi connectivity index (χ1n) is 6.42. The lowest BCUT2D eigenvalue weighted by molar-refractivity contribution is -0.142. The molecule has 0 heterocycles. The summed E-state index contributed by atoms with van der Waals surface area (Å²) in [4.78, 5) is 13.8. The predicted molar refractivity (Wildman–Crippen MR) is 75.3 cm³/mol. The maximum Gasteiger partial charge on any atom is 0.253 e. The van der Waals surface area contributed by atoms with Crippen LogP contribution in [0.15, 0.2) is 24.3 Å². The molecule has 0 spiro atoms. The molecule has 0 radical (unpaired) electrons. The SMILES string of the molecule is COc1ccccc1CN(CCO)C(=O)C(CN)OC. The summed E-state index contributed by atoms with van der Waals surface area (Å²) in [5, 5.41) is 9.12. The van der Waals surface area contributed by atoms with Gasteiger partial charge in [0.05, 0.1) is 13.7 Å². The maximum atomic E-state index is 12.3. The second kappa shape index (κ2) is 8.52. The minimum Gasteiger partial charge on any atom is -0.496 e. The molecule has 20 heavy (non-hydrogen) atoms. The number of carbonyl (C=O) groups excluding carboxylic acids is 1. The van der Waals surface area contributed by atoms with Gasteiger partial charge in [0, 0.05) is 32.3 Å². The molecule has 1 atom stereocenters. The Morgan fingerprint density at radius 1 is 1.40 bits per heavy atom. The van der Waals surface area contributed by atoms with Crippen LogP contribution in [-0.2, 0) is 16.1 Å². The first-order valence-corrected chi connectivity index (χ1v) is 6.42. The van der Waals surface area contributed by atoms with Crippen molar-refractivity contribution in [3.63, 3.8) is 0 Å². The van der Waals surface area contributed by atoms with E-state index in [1.165, 1.54) is 12.0 Å². The molecule has 0 aliphatic rings. The molecule has 1 unspecified atom stereocenters. The number of carbonyl (C=O) groups is 1. The maximum absolute atomic E-state index is 12.3. The van der Waals surface area contributed by atoms with E-state index in [1.807, 2.05) is 24.3 Å². The molecule has 0 fully saturated rings. The second-order valence-corrected chi connectivity index (χ2v) is 4.26. The van der Waals surface area contributed by atoms with Crippen LogP contribution < -0.4 is 10.5 Å². The van der Waals surface area contributed by atoms with E-state index in [9.17, 15) is 4.79 Å². The number of hydrogen-bond acceptors (Lipinski definition) is 5. The van der Waals surface area contributed by atoms with Crippen LogP contribution in [0, 0.1) is 0 Å². The zero-order valence-electron chi connectivity index (χ0n) is 11.9. The van der Waals surface area contributed by atoms with Gasteiger partial charge in [-0.15, -0.1) is 0 Å². The van der Waals surface area contributed by atoms with Gasteiger partial charge in [-0.05, 0) is 6.07 Å². The minimum absolute atomic E-state index is 0.100. The number of rotatable bonds is 8. The second-order valence-electron chi connectivity index (χ2n) is 4.26. The largest absolute Gasteiger partial charge is 0.496 e. The van der Waals surface area contributed by atoms with Crippen molar-refractivity contribution in [1.29, 1.82) is 0 Å². The quantitative estimate of drug-likeness (QED) is 0.700. The highest BCUT2D eigenvalue weighted by Gasteiger charge is 2.23. The molecule has 1 amide bonds. The van der Waals surface area contributed by atoms with E-state index in [-0.39, 0.29) is 25.6 Å². The first kappa shape index (κ1) is 16.4. The highest BCUT2D eigenvalue weighted by molar-refractivity contribution is 5.81.